The van der Waals surface area contributed by atoms with Crippen LogP contribution in [0.1, 0.15) is 98.5 Å². The number of rotatable bonds is 11. The van der Waals surface area contributed by atoms with Gasteiger partial charge in [0.25, 0.3) is 0 Å². The highest BCUT2D eigenvalue weighted by atomic mass is 32.3. The second kappa shape index (κ2) is 12.1. The third kappa shape index (κ3) is 7.64. The van der Waals surface area contributed by atoms with Crippen LogP contribution in [-0.4, -0.2) is 29.3 Å². The molecule has 38 heavy (non-hydrogen) atoms. The lowest BCUT2D eigenvalue weighted by Gasteiger charge is -2.57. The first-order valence-electron chi connectivity index (χ1n) is 14.1. The molecule has 3 N–H and O–H groups in total. The number of aromatic hydroxyl groups is 2. The summed E-state index contributed by atoms with van der Waals surface area (Å²) >= 11 is 0. The molecule has 0 aliphatic heterocycles. The van der Waals surface area contributed by atoms with Crippen LogP contribution in [0.15, 0.2) is 41.5 Å². The van der Waals surface area contributed by atoms with Crippen LogP contribution in [0.25, 0.3) is 0 Å². The van der Waals surface area contributed by atoms with Crippen molar-refractivity contribution in [2.75, 3.05) is 0 Å². The van der Waals surface area contributed by atoms with Crippen molar-refractivity contribution in [1.82, 2.24) is 0 Å². The molecule has 0 saturated heterocycles. The molecule has 1 aromatic rings. The highest BCUT2D eigenvalue weighted by Gasteiger charge is 2.52. The molecule has 2 aliphatic carbocycles. The van der Waals surface area contributed by atoms with Crippen molar-refractivity contribution in [2.45, 2.75) is 105 Å². The molecule has 0 aromatic heterocycles. The van der Waals surface area contributed by atoms with E-state index < -0.39 is 16.5 Å². The van der Waals surface area contributed by atoms with Gasteiger partial charge in [-0.05, 0) is 112 Å². The van der Waals surface area contributed by atoms with E-state index in [9.17, 15) is 23.2 Å². The average Bonchev–Trinajstić information content (AvgIpc) is 2.79. The Balaban J connectivity index is 1.67. The Morgan fingerprint density at radius 1 is 1.21 bits per heavy atom. The van der Waals surface area contributed by atoms with Crippen LogP contribution >= 0.6 is 0 Å². The SMILES string of the molecule is CC1=CC[C@H]2C(C)(C)CCC[C@@]2(C)[C@H]1C[C@@H](OS(=O)(=O)O)[C@H](C)CCC/C(C)=C/Cc1cc(O)ccc1O. The first-order chi connectivity index (χ1) is 17.6. The zero-order chi connectivity index (χ0) is 28.3. The van der Waals surface area contributed by atoms with Gasteiger partial charge >= 0.3 is 10.4 Å². The zero-order valence-electron chi connectivity index (χ0n) is 24.0. The van der Waals surface area contributed by atoms with Crippen LogP contribution in [0.4, 0.5) is 0 Å². The number of hydrogen-bond donors (Lipinski definition) is 3. The fourth-order valence-electron chi connectivity index (χ4n) is 7.36. The molecule has 1 aromatic carbocycles. The van der Waals surface area contributed by atoms with Crippen LogP contribution in [0.5, 0.6) is 11.5 Å². The lowest BCUT2D eigenvalue weighted by Crippen LogP contribution is -2.49. The summed E-state index contributed by atoms with van der Waals surface area (Å²) in [6.45, 7) is 13.3. The molecule has 2 aliphatic rings. The normalized spacial score (nSPS) is 27.3. The molecule has 0 heterocycles. The maximum absolute atomic E-state index is 11.9. The van der Waals surface area contributed by atoms with Crippen molar-refractivity contribution in [3.05, 3.63) is 47.1 Å². The second-order valence-electron chi connectivity index (χ2n) is 12.9. The fourth-order valence-corrected chi connectivity index (χ4v) is 7.94. The number of allylic oxidation sites excluding steroid dienone is 4. The third-order valence-corrected chi connectivity index (χ3v) is 10.1. The van der Waals surface area contributed by atoms with Crippen molar-refractivity contribution in [1.29, 1.82) is 0 Å². The molecule has 5 atom stereocenters. The lowest BCUT2D eigenvalue weighted by molar-refractivity contribution is -0.0517. The highest BCUT2D eigenvalue weighted by molar-refractivity contribution is 7.80. The molecule has 7 heteroatoms. The Morgan fingerprint density at radius 3 is 2.61 bits per heavy atom. The lowest BCUT2D eigenvalue weighted by atomic mass is 9.48. The van der Waals surface area contributed by atoms with Crippen molar-refractivity contribution in [3.8, 4) is 11.5 Å². The van der Waals surface area contributed by atoms with E-state index in [2.05, 4.69) is 33.8 Å². The van der Waals surface area contributed by atoms with Gasteiger partial charge in [-0.2, -0.15) is 8.42 Å². The minimum absolute atomic E-state index is 0.0479. The summed E-state index contributed by atoms with van der Waals surface area (Å²) in [5.41, 5.74) is 3.47. The molecule has 3 rings (SSSR count). The van der Waals surface area contributed by atoms with Crippen molar-refractivity contribution >= 4 is 10.4 Å². The molecule has 6 nitrogen and oxygen atoms in total. The van der Waals surface area contributed by atoms with Crippen molar-refractivity contribution in [3.63, 3.8) is 0 Å². The number of phenolic OH excluding ortho intramolecular Hbond substituents is 2. The minimum atomic E-state index is -4.57. The Morgan fingerprint density at radius 2 is 1.92 bits per heavy atom. The van der Waals surface area contributed by atoms with Gasteiger partial charge in [-0.1, -0.05) is 57.4 Å². The maximum atomic E-state index is 11.9. The van der Waals surface area contributed by atoms with Gasteiger partial charge in [0.1, 0.15) is 11.5 Å². The van der Waals surface area contributed by atoms with E-state index in [0.717, 1.165) is 37.7 Å². The van der Waals surface area contributed by atoms with Gasteiger partial charge < -0.3 is 10.2 Å². The predicted molar refractivity (Wildman–Crippen MR) is 152 cm³/mol. The predicted octanol–water partition coefficient (Wildman–Crippen LogP) is 7.77. The summed E-state index contributed by atoms with van der Waals surface area (Å²) < 4.78 is 38.7. The van der Waals surface area contributed by atoms with Crippen LogP contribution in [0.3, 0.4) is 0 Å². The fraction of sp³-hybridized carbons (Fsp3) is 0.677. The van der Waals surface area contributed by atoms with E-state index in [1.807, 2.05) is 19.9 Å². The Bertz CT molecular complexity index is 1140. The van der Waals surface area contributed by atoms with Gasteiger partial charge in [-0.25, -0.2) is 4.18 Å². The average molecular weight is 549 g/mol. The topological polar surface area (TPSA) is 104 Å². The Hall–Kier alpha value is -1.83. The molecule has 214 valence electrons. The number of phenols is 2. The van der Waals surface area contributed by atoms with E-state index in [4.69, 9.17) is 4.18 Å². The first kappa shape index (κ1) is 30.7. The monoisotopic (exact) mass is 548 g/mol. The number of benzene rings is 1. The molecule has 0 radical (unpaired) electrons. The molecule has 0 spiro atoms. The molecule has 0 unspecified atom stereocenters. The van der Waals surface area contributed by atoms with E-state index in [1.54, 1.807) is 6.07 Å². The van der Waals surface area contributed by atoms with Crippen LogP contribution in [0, 0.1) is 28.6 Å². The minimum Gasteiger partial charge on any atom is -0.508 e. The van der Waals surface area contributed by atoms with Crippen molar-refractivity contribution in [2.24, 2.45) is 28.6 Å². The van der Waals surface area contributed by atoms with E-state index in [0.29, 0.717) is 24.3 Å². The van der Waals surface area contributed by atoms with E-state index in [-0.39, 0.29) is 34.2 Å². The van der Waals surface area contributed by atoms with Crippen LogP contribution < -0.4 is 0 Å². The van der Waals surface area contributed by atoms with Crippen LogP contribution in [0.2, 0.25) is 0 Å². The third-order valence-electron chi connectivity index (χ3n) is 9.61. The van der Waals surface area contributed by atoms with Crippen LogP contribution in [-0.2, 0) is 21.0 Å². The molecular formula is C31H48O6S. The number of fused-ring (bicyclic) bond motifs is 1. The summed E-state index contributed by atoms with van der Waals surface area (Å²) in [5, 5.41) is 19.7. The first-order valence-corrected chi connectivity index (χ1v) is 15.5. The van der Waals surface area contributed by atoms with Gasteiger partial charge in [0.2, 0.25) is 0 Å². The summed E-state index contributed by atoms with van der Waals surface area (Å²) in [6.07, 6.45) is 12.0. The van der Waals surface area contributed by atoms with Gasteiger partial charge in [-0.3, -0.25) is 4.55 Å². The smallest absolute Gasteiger partial charge is 0.397 e. The number of hydrogen-bond acceptors (Lipinski definition) is 5. The zero-order valence-corrected chi connectivity index (χ0v) is 24.9. The molecule has 1 saturated carbocycles. The van der Waals surface area contributed by atoms with Crippen molar-refractivity contribution < 1.29 is 27.4 Å². The molecule has 0 amide bonds. The van der Waals surface area contributed by atoms with Gasteiger partial charge in [-0.15, -0.1) is 0 Å². The molecular weight excluding hydrogens is 500 g/mol. The summed E-state index contributed by atoms with van der Waals surface area (Å²) in [6, 6.07) is 4.52. The quantitative estimate of drug-likeness (QED) is 0.148. The standard InChI is InChI=1S/C31H48O6S/c1-21(11-13-24-19-25(32)14-15-27(24)33)9-7-10-23(3)28(37-38(34,35)36)20-26-22(2)12-16-29-30(4,5)17-8-18-31(26,29)6/h11-12,14-15,19,23,26,28-29,32-33H,7-10,13,16-18,20H2,1-6H3,(H,34,35,36)/b21-11+/t23-,26+,28-,29+,31+/m1/s1. The van der Waals surface area contributed by atoms with E-state index >= 15 is 0 Å². The Kier molecular flexibility index (Phi) is 9.81. The molecule has 1 fully saturated rings. The largest absolute Gasteiger partial charge is 0.508 e. The van der Waals surface area contributed by atoms with Gasteiger partial charge in [0, 0.05) is 5.56 Å². The maximum Gasteiger partial charge on any atom is 0.397 e. The summed E-state index contributed by atoms with van der Waals surface area (Å²) in [5.74, 6) is 0.996. The van der Waals surface area contributed by atoms with E-state index in [1.165, 1.54) is 30.5 Å². The second-order valence-corrected chi connectivity index (χ2v) is 13.9. The summed E-state index contributed by atoms with van der Waals surface area (Å²) in [7, 11) is -4.57. The van der Waals surface area contributed by atoms with Gasteiger partial charge in [0.15, 0.2) is 0 Å². The highest BCUT2D eigenvalue weighted by Crippen LogP contribution is 2.60. The Labute approximate surface area is 230 Å². The van der Waals surface area contributed by atoms with Gasteiger partial charge in [0.05, 0.1) is 6.10 Å². The summed E-state index contributed by atoms with van der Waals surface area (Å²) in [4.78, 5) is 0. The molecule has 0 bridgehead atoms.